The molecular weight excluding hydrogens is 474 g/mol. The molecule has 0 bridgehead atoms. The number of nitrogens with one attached hydrogen (secondary N) is 2. The van der Waals surface area contributed by atoms with Gasteiger partial charge in [0.1, 0.15) is 5.82 Å². The molecule has 9 heteroatoms. The van der Waals surface area contributed by atoms with Gasteiger partial charge in [0.05, 0.1) is 4.90 Å². The van der Waals surface area contributed by atoms with E-state index >= 15 is 0 Å². The number of sulfonamides is 1. The molecule has 4 aromatic rings. The van der Waals surface area contributed by atoms with Gasteiger partial charge in [-0.2, -0.15) is 0 Å². The van der Waals surface area contributed by atoms with Crippen molar-refractivity contribution >= 4 is 21.6 Å². The van der Waals surface area contributed by atoms with Gasteiger partial charge in [-0.3, -0.25) is 9.69 Å². The molecule has 0 spiro atoms. The van der Waals surface area contributed by atoms with Crippen molar-refractivity contribution in [3.05, 3.63) is 102 Å². The lowest BCUT2D eigenvalue weighted by Gasteiger charge is -2.35. The molecule has 1 amide bonds. The second-order valence-corrected chi connectivity index (χ2v) is 10.4. The average molecular weight is 502 g/mol. The number of aromatic amines is 1. The summed E-state index contributed by atoms with van der Waals surface area (Å²) in [7, 11) is -3.91. The molecule has 2 N–H and O–H groups in total. The van der Waals surface area contributed by atoms with Crippen molar-refractivity contribution < 1.29 is 13.2 Å². The van der Waals surface area contributed by atoms with Crippen molar-refractivity contribution in [3.63, 3.8) is 0 Å². The van der Waals surface area contributed by atoms with Crippen LogP contribution in [0.1, 0.15) is 16.1 Å². The van der Waals surface area contributed by atoms with E-state index in [2.05, 4.69) is 24.5 Å². The molecule has 0 unspecified atom stereocenters. The van der Waals surface area contributed by atoms with Gasteiger partial charge >= 0.3 is 0 Å². The maximum absolute atomic E-state index is 12.5. The van der Waals surface area contributed by atoms with Gasteiger partial charge in [0.15, 0.2) is 0 Å². The second-order valence-electron chi connectivity index (χ2n) is 8.68. The summed E-state index contributed by atoms with van der Waals surface area (Å²) in [6.45, 7) is 4.32. The molecule has 0 saturated carbocycles. The van der Waals surface area contributed by atoms with E-state index in [4.69, 9.17) is 0 Å². The summed E-state index contributed by atoms with van der Waals surface area (Å²) < 4.78 is 27.0. The van der Waals surface area contributed by atoms with Crippen LogP contribution in [0.5, 0.6) is 0 Å². The minimum atomic E-state index is -3.91. The van der Waals surface area contributed by atoms with Gasteiger partial charge in [-0.1, -0.05) is 48.5 Å². The zero-order valence-corrected chi connectivity index (χ0v) is 20.5. The zero-order chi connectivity index (χ0) is 25.0. The van der Waals surface area contributed by atoms with Crippen molar-refractivity contribution in [1.29, 1.82) is 0 Å². The molecule has 8 nitrogen and oxygen atoms in total. The summed E-state index contributed by atoms with van der Waals surface area (Å²) in [5.74, 6) is 0.231. The molecule has 2 heterocycles. The number of rotatable bonds is 7. The van der Waals surface area contributed by atoms with Crippen LogP contribution in [0, 0.1) is 0 Å². The maximum atomic E-state index is 12.5. The molecule has 0 radical (unpaired) electrons. The number of piperazine rings is 1. The standard InChI is InChI=1S/C27H27N5O3S/c33-27(30-36(34,35)25-9-5-2-6-10-25)22-11-13-24(14-12-22)32-17-15-31(16-18-32)20-23-19-28-26(29-23)21-7-3-1-4-8-21/h1-14,19H,15-18,20H2,(H,28,29)(H,30,33). The molecule has 184 valence electrons. The fraction of sp³-hybridized carbons (Fsp3) is 0.185. The van der Waals surface area contributed by atoms with Crippen molar-refractivity contribution in [2.45, 2.75) is 11.4 Å². The summed E-state index contributed by atoms with van der Waals surface area (Å²) in [5.41, 5.74) is 3.46. The Kier molecular flexibility index (Phi) is 6.84. The quantitative estimate of drug-likeness (QED) is 0.402. The molecule has 1 aliphatic heterocycles. The average Bonchev–Trinajstić information content (AvgIpc) is 3.38. The lowest BCUT2D eigenvalue weighted by Crippen LogP contribution is -2.46. The smallest absolute Gasteiger partial charge is 0.264 e. The fourth-order valence-corrected chi connectivity index (χ4v) is 5.25. The Morgan fingerprint density at radius 2 is 1.50 bits per heavy atom. The topological polar surface area (TPSA) is 98.4 Å². The van der Waals surface area contributed by atoms with Crippen LogP contribution in [-0.2, 0) is 16.6 Å². The van der Waals surface area contributed by atoms with Crippen molar-refractivity contribution in [1.82, 2.24) is 19.6 Å². The SMILES string of the molecule is O=C(NS(=O)(=O)c1ccccc1)c1ccc(N2CCN(Cc3cnc(-c4ccccc4)[nH]3)CC2)cc1. The lowest BCUT2D eigenvalue weighted by atomic mass is 10.1. The Hall–Kier alpha value is -3.95. The molecule has 3 aromatic carbocycles. The number of aromatic nitrogens is 2. The van der Waals surface area contributed by atoms with Gasteiger partial charge in [-0.25, -0.2) is 18.1 Å². The first-order valence-electron chi connectivity index (χ1n) is 11.8. The first-order valence-corrected chi connectivity index (χ1v) is 13.3. The largest absolute Gasteiger partial charge is 0.369 e. The maximum Gasteiger partial charge on any atom is 0.264 e. The molecule has 1 aliphatic rings. The third-order valence-electron chi connectivity index (χ3n) is 6.22. The van der Waals surface area contributed by atoms with Gasteiger partial charge in [0, 0.05) is 61.4 Å². The third kappa shape index (κ3) is 5.48. The minimum absolute atomic E-state index is 0.0549. The predicted molar refractivity (Wildman–Crippen MR) is 139 cm³/mol. The molecule has 1 saturated heterocycles. The zero-order valence-electron chi connectivity index (χ0n) is 19.7. The Morgan fingerprint density at radius 3 is 2.17 bits per heavy atom. The summed E-state index contributed by atoms with van der Waals surface area (Å²) >= 11 is 0. The number of carbonyl (C=O) groups is 1. The first-order chi connectivity index (χ1) is 17.5. The summed E-state index contributed by atoms with van der Waals surface area (Å²) in [6.07, 6.45) is 1.90. The highest BCUT2D eigenvalue weighted by Crippen LogP contribution is 2.20. The van der Waals surface area contributed by atoms with Crippen LogP contribution in [0.2, 0.25) is 0 Å². The molecule has 0 aliphatic carbocycles. The van der Waals surface area contributed by atoms with Gasteiger partial charge in [0.25, 0.3) is 15.9 Å². The number of hydrogen-bond acceptors (Lipinski definition) is 6. The van der Waals surface area contributed by atoms with E-state index in [0.717, 1.165) is 55.5 Å². The number of hydrogen-bond donors (Lipinski definition) is 2. The highest BCUT2D eigenvalue weighted by molar-refractivity contribution is 7.90. The minimum Gasteiger partial charge on any atom is -0.369 e. The van der Waals surface area contributed by atoms with Crippen LogP contribution < -0.4 is 9.62 Å². The highest BCUT2D eigenvalue weighted by Gasteiger charge is 2.20. The van der Waals surface area contributed by atoms with E-state index in [1.54, 1.807) is 30.3 Å². The number of carbonyl (C=O) groups excluding carboxylic acids is 1. The molecule has 1 aromatic heterocycles. The van der Waals surface area contributed by atoms with E-state index < -0.39 is 15.9 Å². The van der Waals surface area contributed by atoms with Gasteiger partial charge in [-0.15, -0.1) is 0 Å². The summed E-state index contributed by atoms with van der Waals surface area (Å²) in [6, 6.07) is 25.0. The van der Waals surface area contributed by atoms with E-state index in [9.17, 15) is 13.2 Å². The highest BCUT2D eigenvalue weighted by atomic mass is 32.2. The van der Waals surface area contributed by atoms with Crippen molar-refractivity contribution in [3.8, 4) is 11.4 Å². The number of H-pyrrole nitrogens is 1. The summed E-state index contributed by atoms with van der Waals surface area (Å²) in [4.78, 5) is 25.1. The third-order valence-corrected chi connectivity index (χ3v) is 7.56. The van der Waals surface area contributed by atoms with Gasteiger partial charge in [0.2, 0.25) is 0 Å². The normalized spacial score (nSPS) is 14.5. The van der Waals surface area contributed by atoms with Gasteiger partial charge < -0.3 is 9.88 Å². The number of nitrogens with zero attached hydrogens (tertiary/aromatic N) is 3. The van der Waals surface area contributed by atoms with Crippen molar-refractivity contribution in [2.75, 3.05) is 31.1 Å². The molecular formula is C27H27N5O3S. The number of imidazole rings is 1. The molecule has 36 heavy (non-hydrogen) atoms. The predicted octanol–water partition coefficient (Wildman–Crippen LogP) is 3.52. The summed E-state index contributed by atoms with van der Waals surface area (Å²) in [5, 5.41) is 0. The molecule has 1 fully saturated rings. The first kappa shape index (κ1) is 23.8. The van der Waals surface area contributed by atoms with E-state index in [0.29, 0.717) is 5.56 Å². The Labute approximate surface area is 210 Å². The van der Waals surface area contributed by atoms with Crippen LogP contribution in [-0.4, -0.2) is 55.4 Å². The second kappa shape index (κ2) is 10.3. The van der Waals surface area contributed by atoms with Crippen LogP contribution in [0.4, 0.5) is 5.69 Å². The molecule has 0 atom stereocenters. The number of benzene rings is 3. The Bertz CT molecular complexity index is 1410. The Morgan fingerprint density at radius 1 is 0.861 bits per heavy atom. The lowest BCUT2D eigenvalue weighted by molar-refractivity contribution is 0.0981. The van der Waals surface area contributed by atoms with E-state index in [1.807, 2.05) is 48.7 Å². The van der Waals surface area contributed by atoms with Crippen LogP contribution in [0.3, 0.4) is 0 Å². The van der Waals surface area contributed by atoms with Crippen LogP contribution in [0.15, 0.2) is 96.0 Å². The van der Waals surface area contributed by atoms with Gasteiger partial charge in [-0.05, 0) is 36.4 Å². The fourth-order valence-electron chi connectivity index (χ4n) is 4.25. The number of amides is 1. The Balaban J connectivity index is 1.14. The van der Waals surface area contributed by atoms with Crippen molar-refractivity contribution in [2.24, 2.45) is 0 Å². The van der Waals surface area contributed by atoms with Crippen LogP contribution >= 0.6 is 0 Å². The van der Waals surface area contributed by atoms with E-state index in [-0.39, 0.29) is 4.90 Å². The van der Waals surface area contributed by atoms with Crippen LogP contribution in [0.25, 0.3) is 11.4 Å². The van der Waals surface area contributed by atoms with E-state index in [1.165, 1.54) is 12.1 Å². The molecule has 5 rings (SSSR count). The monoisotopic (exact) mass is 501 g/mol. The number of anilines is 1.